The van der Waals surface area contributed by atoms with E-state index in [9.17, 15) is 9.90 Å². The van der Waals surface area contributed by atoms with E-state index >= 15 is 0 Å². The van der Waals surface area contributed by atoms with E-state index in [0.717, 1.165) is 21.2 Å². The molecule has 0 radical (unpaired) electrons. The van der Waals surface area contributed by atoms with Gasteiger partial charge in [-0.25, -0.2) is 0 Å². The molecule has 3 nitrogen and oxygen atoms in total. The third-order valence-corrected chi connectivity index (χ3v) is 5.25. The monoisotopic (exact) mass is 309 g/mol. The van der Waals surface area contributed by atoms with E-state index < -0.39 is 6.10 Å². The summed E-state index contributed by atoms with van der Waals surface area (Å²) in [6, 6.07) is 17.4. The maximum atomic E-state index is 12.5. The quantitative estimate of drug-likeness (QED) is 0.763. The van der Waals surface area contributed by atoms with Crippen LogP contribution in [0.25, 0.3) is 10.1 Å². The van der Waals surface area contributed by atoms with E-state index in [-0.39, 0.29) is 11.9 Å². The Morgan fingerprint density at radius 1 is 1.14 bits per heavy atom. The Labute approximate surface area is 132 Å². The highest BCUT2D eigenvalue weighted by atomic mass is 32.1. The first kappa shape index (κ1) is 13.5. The number of nitrogens with one attached hydrogen (secondary N) is 1. The van der Waals surface area contributed by atoms with Crippen molar-refractivity contribution in [3.05, 3.63) is 70.6 Å². The van der Waals surface area contributed by atoms with Gasteiger partial charge in [-0.2, -0.15) is 0 Å². The Balaban J connectivity index is 1.62. The zero-order valence-electron chi connectivity index (χ0n) is 11.8. The number of benzene rings is 2. The van der Waals surface area contributed by atoms with Crippen molar-refractivity contribution in [2.75, 3.05) is 0 Å². The Morgan fingerprint density at radius 2 is 1.91 bits per heavy atom. The number of carbonyl (C=O) groups is 1. The summed E-state index contributed by atoms with van der Waals surface area (Å²) in [7, 11) is 0. The van der Waals surface area contributed by atoms with Gasteiger partial charge in [0, 0.05) is 11.1 Å². The van der Waals surface area contributed by atoms with Crippen molar-refractivity contribution >= 4 is 27.3 Å². The average molecular weight is 309 g/mol. The second-order valence-corrected chi connectivity index (χ2v) is 6.65. The van der Waals surface area contributed by atoms with Gasteiger partial charge in [-0.3, -0.25) is 4.79 Å². The third-order valence-electron chi connectivity index (χ3n) is 4.14. The lowest BCUT2D eigenvalue weighted by Gasteiger charge is -2.17. The number of thiophene rings is 1. The molecule has 22 heavy (non-hydrogen) atoms. The van der Waals surface area contributed by atoms with E-state index in [0.29, 0.717) is 11.3 Å². The normalized spacial score (nSPS) is 20.0. The molecule has 0 bridgehead atoms. The van der Waals surface area contributed by atoms with Gasteiger partial charge in [-0.15, -0.1) is 11.3 Å². The summed E-state index contributed by atoms with van der Waals surface area (Å²) in [6.07, 6.45) is 0.0313. The van der Waals surface area contributed by atoms with Gasteiger partial charge in [0.15, 0.2) is 0 Å². The van der Waals surface area contributed by atoms with Gasteiger partial charge in [0.25, 0.3) is 5.91 Å². The smallest absolute Gasteiger partial charge is 0.261 e. The van der Waals surface area contributed by atoms with Crippen LogP contribution in [0.4, 0.5) is 0 Å². The molecular formula is C18H15NO2S. The first-order valence-corrected chi connectivity index (χ1v) is 8.09. The van der Waals surface area contributed by atoms with E-state index in [4.69, 9.17) is 0 Å². The SMILES string of the molecule is O=C(NC1c2ccccc2CC1O)c1cc2ccccc2s1. The predicted octanol–water partition coefficient (Wildman–Crippen LogP) is 3.29. The second kappa shape index (κ2) is 5.23. The van der Waals surface area contributed by atoms with Gasteiger partial charge in [-0.05, 0) is 28.6 Å². The molecule has 4 rings (SSSR count). The highest BCUT2D eigenvalue weighted by Crippen LogP contribution is 2.32. The number of carbonyl (C=O) groups excluding carboxylic acids is 1. The molecule has 0 saturated carbocycles. The van der Waals surface area contributed by atoms with Crippen LogP contribution in [0, 0.1) is 0 Å². The van der Waals surface area contributed by atoms with Gasteiger partial charge >= 0.3 is 0 Å². The Hall–Kier alpha value is -2.17. The molecule has 4 heteroatoms. The molecule has 1 aliphatic rings. The first-order valence-electron chi connectivity index (χ1n) is 7.28. The molecule has 3 aromatic rings. The molecule has 110 valence electrons. The largest absolute Gasteiger partial charge is 0.390 e. The van der Waals surface area contributed by atoms with E-state index in [1.54, 1.807) is 0 Å². The Kier molecular flexibility index (Phi) is 3.21. The Bertz CT molecular complexity index is 822. The number of aliphatic hydroxyl groups excluding tert-OH is 1. The fraction of sp³-hybridized carbons (Fsp3) is 0.167. The molecular weight excluding hydrogens is 294 g/mol. The van der Waals surface area contributed by atoms with E-state index in [1.807, 2.05) is 54.6 Å². The van der Waals surface area contributed by atoms with Crippen LogP contribution in [0.2, 0.25) is 0 Å². The third kappa shape index (κ3) is 2.21. The van der Waals surface area contributed by atoms with Gasteiger partial charge in [0.05, 0.1) is 17.0 Å². The number of hydrogen-bond donors (Lipinski definition) is 2. The number of amides is 1. The van der Waals surface area contributed by atoms with Crippen LogP contribution in [0.3, 0.4) is 0 Å². The van der Waals surface area contributed by atoms with Crippen LogP contribution in [0.15, 0.2) is 54.6 Å². The van der Waals surface area contributed by atoms with Gasteiger partial charge in [0.2, 0.25) is 0 Å². The summed E-state index contributed by atoms with van der Waals surface area (Å²) >= 11 is 1.48. The molecule has 1 heterocycles. The van der Waals surface area contributed by atoms with Crippen molar-refractivity contribution in [2.45, 2.75) is 18.6 Å². The fourth-order valence-electron chi connectivity index (χ4n) is 3.05. The summed E-state index contributed by atoms with van der Waals surface area (Å²) in [5.74, 6) is -0.123. The zero-order valence-corrected chi connectivity index (χ0v) is 12.6. The molecule has 0 saturated heterocycles. The number of hydrogen-bond acceptors (Lipinski definition) is 3. The highest BCUT2D eigenvalue weighted by molar-refractivity contribution is 7.20. The van der Waals surface area contributed by atoms with Crippen molar-refractivity contribution in [1.82, 2.24) is 5.32 Å². The van der Waals surface area contributed by atoms with Gasteiger partial charge < -0.3 is 10.4 Å². The lowest BCUT2D eigenvalue weighted by molar-refractivity contribution is 0.0862. The molecule has 2 atom stereocenters. The summed E-state index contributed by atoms with van der Waals surface area (Å²) in [6.45, 7) is 0. The molecule has 1 aromatic heterocycles. The fourth-order valence-corrected chi connectivity index (χ4v) is 4.02. The van der Waals surface area contributed by atoms with E-state index in [2.05, 4.69) is 5.32 Å². The minimum atomic E-state index is -0.560. The summed E-state index contributed by atoms with van der Waals surface area (Å²) in [5.41, 5.74) is 2.13. The Morgan fingerprint density at radius 3 is 2.77 bits per heavy atom. The number of rotatable bonds is 2. The van der Waals surface area contributed by atoms with Crippen LogP contribution in [0.1, 0.15) is 26.8 Å². The van der Waals surface area contributed by atoms with Gasteiger partial charge in [0.1, 0.15) is 0 Å². The standard InChI is InChI=1S/C18H15NO2S/c20-14-9-11-5-1-3-7-13(11)17(14)19-18(21)16-10-12-6-2-4-8-15(12)22-16/h1-8,10,14,17,20H,9H2,(H,19,21). The second-order valence-electron chi connectivity index (χ2n) is 5.57. The number of aliphatic hydroxyl groups is 1. The molecule has 2 unspecified atom stereocenters. The zero-order chi connectivity index (χ0) is 15.1. The van der Waals surface area contributed by atoms with Crippen molar-refractivity contribution in [3.63, 3.8) is 0 Å². The minimum Gasteiger partial charge on any atom is -0.390 e. The summed E-state index contributed by atoms with van der Waals surface area (Å²) < 4.78 is 1.10. The first-order chi connectivity index (χ1) is 10.7. The molecule has 0 aliphatic heterocycles. The predicted molar refractivity (Wildman–Crippen MR) is 88.2 cm³/mol. The minimum absolute atomic E-state index is 0.123. The highest BCUT2D eigenvalue weighted by Gasteiger charge is 2.32. The molecule has 2 N–H and O–H groups in total. The van der Waals surface area contributed by atoms with Crippen molar-refractivity contribution < 1.29 is 9.90 Å². The van der Waals surface area contributed by atoms with Crippen LogP contribution in [-0.4, -0.2) is 17.1 Å². The lowest BCUT2D eigenvalue weighted by atomic mass is 10.1. The molecule has 0 fully saturated rings. The maximum absolute atomic E-state index is 12.5. The van der Waals surface area contributed by atoms with Crippen molar-refractivity contribution in [3.8, 4) is 0 Å². The number of fused-ring (bicyclic) bond motifs is 2. The summed E-state index contributed by atoms with van der Waals surface area (Å²) in [5, 5.41) is 14.3. The molecule has 1 aliphatic carbocycles. The summed E-state index contributed by atoms with van der Waals surface area (Å²) in [4.78, 5) is 13.2. The van der Waals surface area contributed by atoms with Crippen LogP contribution < -0.4 is 5.32 Å². The lowest BCUT2D eigenvalue weighted by Crippen LogP contribution is -2.33. The van der Waals surface area contributed by atoms with Crippen LogP contribution in [0.5, 0.6) is 0 Å². The van der Waals surface area contributed by atoms with E-state index in [1.165, 1.54) is 11.3 Å². The van der Waals surface area contributed by atoms with Crippen molar-refractivity contribution in [1.29, 1.82) is 0 Å². The maximum Gasteiger partial charge on any atom is 0.261 e. The van der Waals surface area contributed by atoms with Crippen molar-refractivity contribution in [2.24, 2.45) is 0 Å². The van der Waals surface area contributed by atoms with Crippen LogP contribution in [-0.2, 0) is 6.42 Å². The topological polar surface area (TPSA) is 49.3 Å². The molecule has 1 amide bonds. The van der Waals surface area contributed by atoms with Gasteiger partial charge in [-0.1, -0.05) is 42.5 Å². The average Bonchev–Trinajstić information content (AvgIpc) is 3.09. The molecule has 0 spiro atoms. The van der Waals surface area contributed by atoms with Crippen LogP contribution >= 0.6 is 11.3 Å². The molecule has 2 aromatic carbocycles.